The zero-order chi connectivity index (χ0) is 18.8. The molecule has 6 aromatic rings. The van der Waals surface area contributed by atoms with Crippen LogP contribution in [0.2, 0.25) is 0 Å². The molecule has 0 aromatic heterocycles. The van der Waals surface area contributed by atoms with Crippen LogP contribution in [-0.4, -0.2) is 0 Å². The first-order chi connectivity index (χ1) is 13.9. The van der Waals surface area contributed by atoms with E-state index in [9.17, 15) is 0 Å². The SMILES string of the molecule is [Co].c1ccc2cc3ccccc3cc2c1.c1ccc2cc3ccccc3cc2c1. The van der Waals surface area contributed by atoms with Crippen molar-refractivity contribution >= 4 is 43.1 Å². The summed E-state index contributed by atoms with van der Waals surface area (Å²) >= 11 is 0. The molecule has 0 nitrogen and oxygen atoms in total. The van der Waals surface area contributed by atoms with Gasteiger partial charge in [0, 0.05) is 16.8 Å². The second kappa shape index (κ2) is 8.48. The molecule has 6 rings (SSSR count). The maximum atomic E-state index is 2.24. The molecule has 0 unspecified atom stereocenters. The van der Waals surface area contributed by atoms with E-state index < -0.39 is 0 Å². The third-order valence-corrected chi connectivity index (χ3v) is 5.23. The first-order valence-electron chi connectivity index (χ1n) is 9.62. The molecule has 0 bridgehead atoms. The smallest absolute Gasteiger partial charge is 0 e. The Balaban J connectivity index is 0.000000137. The van der Waals surface area contributed by atoms with Crippen LogP contribution in [0.4, 0.5) is 0 Å². The van der Waals surface area contributed by atoms with E-state index in [4.69, 9.17) is 0 Å². The Morgan fingerprint density at radius 1 is 0.241 bits per heavy atom. The Kier molecular flexibility index (Phi) is 5.61. The third-order valence-electron chi connectivity index (χ3n) is 5.23. The minimum atomic E-state index is 0. The van der Waals surface area contributed by atoms with Crippen molar-refractivity contribution in [2.45, 2.75) is 0 Å². The molecule has 0 aliphatic rings. The summed E-state index contributed by atoms with van der Waals surface area (Å²) in [4.78, 5) is 0. The fourth-order valence-electron chi connectivity index (χ4n) is 3.77. The Labute approximate surface area is 181 Å². The van der Waals surface area contributed by atoms with E-state index >= 15 is 0 Å². The van der Waals surface area contributed by atoms with Gasteiger partial charge in [-0.3, -0.25) is 0 Å². The van der Waals surface area contributed by atoms with Gasteiger partial charge in [-0.2, -0.15) is 0 Å². The van der Waals surface area contributed by atoms with Gasteiger partial charge in [-0.05, 0) is 67.4 Å². The standard InChI is InChI=1S/2C14H10.Co/c2*1-2-6-12-10-14-8-4-3-7-13(14)9-11(12)5-1;/h2*1-10H;. The molecule has 0 fully saturated rings. The summed E-state index contributed by atoms with van der Waals surface area (Å²) in [6.07, 6.45) is 0. The largest absolute Gasteiger partial charge is 0.0616 e. The van der Waals surface area contributed by atoms with E-state index in [1.807, 2.05) is 0 Å². The second-order valence-corrected chi connectivity index (χ2v) is 7.09. The first kappa shape index (κ1) is 19.2. The van der Waals surface area contributed by atoms with E-state index in [0.29, 0.717) is 0 Å². The van der Waals surface area contributed by atoms with Gasteiger partial charge in [-0.15, -0.1) is 0 Å². The van der Waals surface area contributed by atoms with Gasteiger partial charge in [0.1, 0.15) is 0 Å². The van der Waals surface area contributed by atoms with Crippen molar-refractivity contribution in [3.05, 3.63) is 121 Å². The molecule has 0 heterocycles. The van der Waals surface area contributed by atoms with Gasteiger partial charge in [-0.25, -0.2) is 0 Å². The maximum Gasteiger partial charge on any atom is 0 e. The van der Waals surface area contributed by atoms with Crippen LogP contribution in [0.3, 0.4) is 0 Å². The number of fused-ring (bicyclic) bond motifs is 4. The number of hydrogen-bond acceptors (Lipinski definition) is 0. The minimum absolute atomic E-state index is 0. The summed E-state index contributed by atoms with van der Waals surface area (Å²) < 4.78 is 0. The van der Waals surface area contributed by atoms with E-state index in [0.717, 1.165) is 0 Å². The predicted molar refractivity (Wildman–Crippen MR) is 123 cm³/mol. The number of rotatable bonds is 0. The van der Waals surface area contributed by atoms with Crippen molar-refractivity contribution in [3.8, 4) is 0 Å². The molecule has 0 aliphatic carbocycles. The molecular formula is C28H20Co. The van der Waals surface area contributed by atoms with E-state index in [2.05, 4.69) is 121 Å². The molecule has 1 radical (unpaired) electrons. The summed E-state index contributed by atoms with van der Waals surface area (Å²) in [5.74, 6) is 0. The molecule has 0 spiro atoms. The molecule has 1 heteroatoms. The summed E-state index contributed by atoms with van der Waals surface area (Å²) in [5.41, 5.74) is 0. The van der Waals surface area contributed by atoms with Crippen molar-refractivity contribution in [2.24, 2.45) is 0 Å². The van der Waals surface area contributed by atoms with Gasteiger partial charge in [0.15, 0.2) is 0 Å². The number of benzene rings is 6. The molecule has 0 atom stereocenters. The topological polar surface area (TPSA) is 0 Å². The fraction of sp³-hybridized carbons (Fsp3) is 0. The normalized spacial score (nSPS) is 10.5. The van der Waals surface area contributed by atoms with Gasteiger partial charge < -0.3 is 0 Å². The molecule has 141 valence electrons. The average molecular weight is 415 g/mol. The van der Waals surface area contributed by atoms with Crippen molar-refractivity contribution < 1.29 is 16.8 Å². The molecule has 0 amide bonds. The third kappa shape index (κ3) is 4.02. The molecular weight excluding hydrogens is 395 g/mol. The Morgan fingerprint density at radius 3 is 0.517 bits per heavy atom. The van der Waals surface area contributed by atoms with Crippen LogP contribution in [0.5, 0.6) is 0 Å². The van der Waals surface area contributed by atoms with Gasteiger partial charge in [0.05, 0.1) is 0 Å². The van der Waals surface area contributed by atoms with Gasteiger partial charge in [-0.1, -0.05) is 97.1 Å². The minimum Gasteiger partial charge on any atom is -0.0616 e. The molecule has 29 heavy (non-hydrogen) atoms. The van der Waals surface area contributed by atoms with Gasteiger partial charge >= 0.3 is 0 Å². The summed E-state index contributed by atoms with van der Waals surface area (Å²) in [6, 6.07) is 42.8. The zero-order valence-corrected chi connectivity index (χ0v) is 16.9. The van der Waals surface area contributed by atoms with Crippen LogP contribution in [-0.2, 0) is 16.8 Å². The van der Waals surface area contributed by atoms with Crippen molar-refractivity contribution in [1.82, 2.24) is 0 Å². The monoisotopic (exact) mass is 415 g/mol. The second-order valence-electron chi connectivity index (χ2n) is 7.09. The van der Waals surface area contributed by atoms with Crippen molar-refractivity contribution in [2.75, 3.05) is 0 Å². The molecule has 0 aliphatic heterocycles. The number of hydrogen-bond donors (Lipinski definition) is 0. The molecule has 0 saturated heterocycles. The van der Waals surface area contributed by atoms with Crippen LogP contribution in [0, 0.1) is 0 Å². The molecule has 0 N–H and O–H groups in total. The average Bonchev–Trinajstić information content (AvgIpc) is 2.76. The van der Waals surface area contributed by atoms with Crippen LogP contribution >= 0.6 is 0 Å². The molecule has 6 aromatic carbocycles. The first-order valence-corrected chi connectivity index (χ1v) is 9.62. The van der Waals surface area contributed by atoms with Gasteiger partial charge in [0.2, 0.25) is 0 Å². The van der Waals surface area contributed by atoms with Crippen LogP contribution in [0.1, 0.15) is 0 Å². The Bertz CT molecular complexity index is 1090. The zero-order valence-electron chi connectivity index (χ0n) is 15.9. The maximum absolute atomic E-state index is 2.24. The fourth-order valence-corrected chi connectivity index (χ4v) is 3.77. The quantitative estimate of drug-likeness (QED) is 0.221. The van der Waals surface area contributed by atoms with Crippen LogP contribution < -0.4 is 0 Å². The van der Waals surface area contributed by atoms with Crippen LogP contribution in [0.25, 0.3) is 43.1 Å². The van der Waals surface area contributed by atoms with E-state index in [-0.39, 0.29) is 16.8 Å². The van der Waals surface area contributed by atoms with Crippen molar-refractivity contribution in [3.63, 3.8) is 0 Å². The van der Waals surface area contributed by atoms with Gasteiger partial charge in [0.25, 0.3) is 0 Å². The summed E-state index contributed by atoms with van der Waals surface area (Å²) in [6.45, 7) is 0. The predicted octanol–water partition coefficient (Wildman–Crippen LogP) is 7.98. The van der Waals surface area contributed by atoms with E-state index in [1.165, 1.54) is 43.1 Å². The van der Waals surface area contributed by atoms with Crippen molar-refractivity contribution in [1.29, 1.82) is 0 Å². The molecule has 0 saturated carbocycles. The van der Waals surface area contributed by atoms with E-state index in [1.54, 1.807) is 0 Å². The van der Waals surface area contributed by atoms with Crippen LogP contribution in [0.15, 0.2) is 121 Å². The summed E-state index contributed by atoms with van der Waals surface area (Å²) in [7, 11) is 0. The summed E-state index contributed by atoms with van der Waals surface area (Å²) in [5, 5.41) is 10.5. The Morgan fingerprint density at radius 2 is 0.379 bits per heavy atom. The Hall–Kier alpha value is -3.13.